The molecule has 0 radical (unpaired) electrons. The van der Waals surface area contributed by atoms with E-state index in [0.29, 0.717) is 0 Å². The fourth-order valence-electron chi connectivity index (χ4n) is 2.83. The zero-order valence-corrected chi connectivity index (χ0v) is 10.7. The minimum Gasteiger partial charge on any atom is -0.343 e. The third-order valence-corrected chi connectivity index (χ3v) is 3.67. The Hall–Kier alpha value is -2.48. The number of benzene rings is 2. The van der Waals surface area contributed by atoms with Crippen molar-refractivity contribution in [2.24, 2.45) is 0 Å². The number of hydrogen-bond acceptors (Lipinski definition) is 0. The van der Waals surface area contributed by atoms with Gasteiger partial charge in [0.2, 0.25) is 0 Å². The van der Waals surface area contributed by atoms with Crippen molar-refractivity contribution in [3.8, 4) is 11.3 Å². The van der Waals surface area contributed by atoms with E-state index in [1.807, 2.05) is 0 Å². The van der Waals surface area contributed by atoms with Gasteiger partial charge in [0.15, 0.2) is 0 Å². The fraction of sp³-hybridized carbons (Fsp3) is 0.0588. The zero-order valence-electron chi connectivity index (χ0n) is 10.7. The lowest BCUT2D eigenvalue weighted by Gasteiger charge is -2.01. The molecule has 2 nitrogen and oxygen atoms in total. The molecule has 0 aliphatic heterocycles. The molecule has 0 bridgehead atoms. The lowest BCUT2D eigenvalue weighted by Crippen LogP contribution is -1.85. The first-order chi connectivity index (χ1) is 9.34. The van der Waals surface area contributed by atoms with Crippen LogP contribution in [0.25, 0.3) is 27.7 Å². The molecule has 0 aliphatic rings. The van der Waals surface area contributed by atoms with E-state index < -0.39 is 0 Å². The number of aryl methyl sites for hydroxylation is 1. The van der Waals surface area contributed by atoms with Crippen molar-refractivity contribution in [3.05, 3.63) is 66.5 Å². The fourth-order valence-corrected chi connectivity index (χ4v) is 2.83. The first-order valence-corrected chi connectivity index (χ1v) is 6.48. The van der Waals surface area contributed by atoms with Crippen molar-refractivity contribution in [3.63, 3.8) is 0 Å². The summed E-state index contributed by atoms with van der Waals surface area (Å²) in [6.45, 7) is 2.13. The maximum absolute atomic E-state index is 3.51. The van der Waals surface area contributed by atoms with E-state index in [9.17, 15) is 0 Å². The number of rotatable bonds is 1. The molecular weight excluding hydrogens is 232 g/mol. The van der Waals surface area contributed by atoms with Crippen molar-refractivity contribution < 1.29 is 0 Å². The summed E-state index contributed by atoms with van der Waals surface area (Å²) in [7, 11) is 0. The molecule has 0 saturated carbocycles. The highest BCUT2D eigenvalue weighted by atomic mass is 15.0. The van der Waals surface area contributed by atoms with Crippen molar-refractivity contribution in [1.82, 2.24) is 9.38 Å². The molecule has 2 heterocycles. The van der Waals surface area contributed by atoms with Crippen LogP contribution in [-0.4, -0.2) is 9.38 Å². The van der Waals surface area contributed by atoms with Gasteiger partial charge in [0.05, 0.1) is 5.69 Å². The maximum atomic E-state index is 3.51. The maximum Gasteiger partial charge on any atom is 0.122 e. The van der Waals surface area contributed by atoms with E-state index in [0.717, 1.165) is 0 Å². The monoisotopic (exact) mass is 246 g/mol. The molecule has 2 aromatic carbocycles. The highest BCUT2D eigenvalue weighted by molar-refractivity contribution is 5.97. The van der Waals surface area contributed by atoms with Crippen LogP contribution in [0.1, 0.15) is 5.69 Å². The molecule has 0 aliphatic carbocycles. The van der Waals surface area contributed by atoms with Gasteiger partial charge in [-0.1, -0.05) is 54.6 Å². The lowest BCUT2D eigenvalue weighted by atomic mass is 10.1. The van der Waals surface area contributed by atoms with Crippen LogP contribution in [-0.2, 0) is 0 Å². The largest absolute Gasteiger partial charge is 0.343 e. The number of fused-ring (bicyclic) bond motifs is 3. The Morgan fingerprint density at radius 3 is 2.47 bits per heavy atom. The van der Waals surface area contributed by atoms with Gasteiger partial charge < -0.3 is 4.98 Å². The van der Waals surface area contributed by atoms with Gasteiger partial charge in [0, 0.05) is 28.2 Å². The van der Waals surface area contributed by atoms with Crippen LogP contribution in [0.3, 0.4) is 0 Å². The Bertz CT molecular complexity index is 866. The summed E-state index contributed by atoms with van der Waals surface area (Å²) in [4.78, 5) is 3.51. The van der Waals surface area contributed by atoms with Gasteiger partial charge in [-0.05, 0) is 6.92 Å². The Morgan fingerprint density at radius 1 is 0.895 bits per heavy atom. The smallest absolute Gasteiger partial charge is 0.122 e. The van der Waals surface area contributed by atoms with E-state index in [-0.39, 0.29) is 0 Å². The Kier molecular flexibility index (Phi) is 2.06. The number of imidazole rings is 1. The SMILES string of the molecule is Cc1[nH]c2c3ccccc3cn2c1-c1ccccc1. The van der Waals surface area contributed by atoms with E-state index in [1.54, 1.807) is 0 Å². The average Bonchev–Trinajstić information content (AvgIpc) is 2.94. The average molecular weight is 246 g/mol. The van der Waals surface area contributed by atoms with Crippen molar-refractivity contribution >= 4 is 16.4 Å². The van der Waals surface area contributed by atoms with Gasteiger partial charge in [-0.15, -0.1) is 0 Å². The molecule has 4 aromatic rings. The molecular formula is C17H14N2. The van der Waals surface area contributed by atoms with Gasteiger partial charge in [-0.3, -0.25) is 4.40 Å². The highest BCUT2D eigenvalue weighted by Crippen LogP contribution is 2.30. The molecule has 0 unspecified atom stereocenters. The molecule has 0 atom stereocenters. The molecule has 4 rings (SSSR count). The Morgan fingerprint density at radius 2 is 1.63 bits per heavy atom. The second-order valence-corrected chi connectivity index (χ2v) is 4.90. The summed E-state index contributed by atoms with van der Waals surface area (Å²) in [6.07, 6.45) is 2.20. The van der Waals surface area contributed by atoms with Crippen LogP contribution in [0.2, 0.25) is 0 Å². The van der Waals surface area contributed by atoms with Crippen molar-refractivity contribution in [2.45, 2.75) is 6.92 Å². The minimum atomic E-state index is 1.17. The standard InChI is InChI=1S/C17H14N2/c1-12-16(13-7-3-2-4-8-13)19-11-14-9-5-6-10-15(14)17(19)18-12/h2-11,18H,1H3. The number of hydrogen-bond donors (Lipinski definition) is 1. The minimum absolute atomic E-state index is 1.17. The van der Waals surface area contributed by atoms with Gasteiger partial charge in [-0.2, -0.15) is 0 Å². The molecule has 0 fully saturated rings. The molecule has 92 valence electrons. The number of nitrogens with zero attached hydrogens (tertiary/aromatic N) is 1. The lowest BCUT2D eigenvalue weighted by molar-refractivity contribution is 1.23. The van der Waals surface area contributed by atoms with E-state index in [4.69, 9.17) is 0 Å². The highest BCUT2D eigenvalue weighted by Gasteiger charge is 2.12. The molecule has 2 heteroatoms. The van der Waals surface area contributed by atoms with Gasteiger partial charge in [-0.25, -0.2) is 0 Å². The number of H-pyrrole nitrogens is 1. The van der Waals surface area contributed by atoms with Crippen LogP contribution >= 0.6 is 0 Å². The summed E-state index contributed by atoms with van der Waals surface area (Å²) < 4.78 is 2.26. The summed E-state index contributed by atoms with van der Waals surface area (Å²) in [5.41, 5.74) is 4.86. The van der Waals surface area contributed by atoms with E-state index in [2.05, 4.69) is 77.1 Å². The predicted octanol–water partition coefficient (Wildman–Crippen LogP) is 4.40. The van der Waals surface area contributed by atoms with Gasteiger partial charge in [0.25, 0.3) is 0 Å². The van der Waals surface area contributed by atoms with Crippen molar-refractivity contribution in [1.29, 1.82) is 0 Å². The summed E-state index contributed by atoms with van der Waals surface area (Å²) in [5, 5.41) is 2.54. The second kappa shape index (κ2) is 3.75. The summed E-state index contributed by atoms with van der Waals surface area (Å²) in [5.74, 6) is 0. The molecule has 0 amide bonds. The number of nitrogens with one attached hydrogen (secondary N) is 1. The molecule has 19 heavy (non-hydrogen) atoms. The molecule has 2 aromatic heterocycles. The molecule has 1 N–H and O–H groups in total. The third-order valence-electron chi connectivity index (χ3n) is 3.67. The Balaban J connectivity index is 2.13. The topological polar surface area (TPSA) is 20.2 Å². The predicted molar refractivity (Wildman–Crippen MR) is 79.4 cm³/mol. The van der Waals surface area contributed by atoms with Gasteiger partial charge >= 0.3 is 0 Å². The van der Waals surface area contributed by atoms with Crippen molar-refractivity contribution in [2.75, 3.05) is 0 Å². The molecule has 0 saturated heterocycles. The van der Waals surface area contributed by atoms with E-state index in [1.165, 1.54) is 33.4 Å². The first kappa shape index (κ1) is 10.4. The van der Waals surface area contributed by atoms with Crippen LogP contribution in [0.4, 0.5) is 0 Å². The summed E-state index contributed by atoms with van der Waals surface area (Å²) >= 11 is 0. The normalized spacial score (nSPS) is 11.4. The zero-order chi connectivity index (χ0) is 12.8. The van der Waals surface area contributed by atoms with Crippen LogP contribution in [0, 0.1) is 6.92 Å². The number of aromatic amines is 1. The first-order valence-electron chi connectivity index (χ1n) is 6.48. The third kappa shape index (κ3) is 1.43. The summed E-state index contributed by atoms with van der Waals surface area (Å²) in [6, 6.07) is 19.0. The van der Waals surface area contributed by atoms with Crippen LogP contribution in [0.5, 0.6) is 0 Å². The van der Waals surface area contributed by atoms with Gasteiger partial charge in [0.1, 0.15) is 5.65 Å². The number of aromatic nitrogens is 2. The molecule has 0 spiro atoms. The van der Waals surface area contributed by atoms with E-state index >= 15 is 0 Å². The van der Waals surface area contributed by atoms with Crippen LogP contribution in [0.15, 0.2) is 60.8 Å². The Labute approximate surface area is 111 Å². The van der Waals surface area contributed by atoms with Crippen LogP contribution < -0.4 is 0 Å². The second-order valence-electron chi connectivity index (χ2n) is 4.90. The quantitative estimate of drug-likeness (QED) is 0.514.